The molecule has 0 spiro atoms. The monoisotopic (exact) mass is 419 g/mol. The number of hydrogen-bond donors (Lipinski definition) is 2. The number of benzene rings is 3. The van der Waals surface area contributed by atoms with E-state index in [1.807, 2.05) is 26.0 Å². The summed E-state index contributed by atoms with van der Waals surface area (Å²) in [5.74, 6) is -1.43. The summed E-state index contributed by atoms with van der Waals surface area (Å²) in [5.41, 5.74) is 5.85. The van der Waals surface area contributed by atoms with Crippen molar-refractivity contribution in [3.05, 3.63) is 94.8 Å². The lowest BCUT2D eigenvalue weighted by molar-refractivity contribution is -0.136. The second-order valence-electron chi connectivity index (χ2n) is 6.92. The quantitative estimate of drug-likeness (QED) is 0.359. The zero-order valence-corrected chi connectivity index (χ0v) is 17.2. The molecular weight excluding hydrogens is 397 g/mol. The van der Waals surface area contributed by atoms with Crippen molar-refractivity contribution in [1.29, 1.82) is 0 Å². The van der Waals surface area contributed by atoms with Gasteiger partial charge in [-0.25, -0.2) is 9.82 Å². The highest BCUT2D eigenvalue weighted by atomic mass is 19.1. The summed E-state index contributed by atoms with van der Waals surface area (Å²) in [5, 5.41) is 6.36. The molecule has 158 valence electrons. The van der Waals surface area contributed by atoms with Crippen molar-refractivity contribution in [1.82, 2.24) is 5.43 Å². The molecule has 0 saturated heterocycles. The van der Waals surface area contributed by atoms with Gasteiger partial charge in [0.15, 0.2) is 0 Å². The Hall–Kier alpha value is -4.00. The summed E-state index contributed by atoms with van der Waals surface area (Å²) in [6.45, 7) is 3.91. The fourth-order valence-corrected chi connectivity index (χ4v) is 2.78. The van der Waals surface area contributed by atoms with Crippen LogP contribution in [0.15, 0.2) is 71.8 Å². The highest BCUT2D eigenvalue weighted by Gasteiger charge is 2.13. The van der Waals surface area contributed by atoms with Crippen LogP contribution in [0.2, 0.25) is 0 Å². The van der Waals surface area contributed by atoms with Gasteiger partial charge in [0.1, 0.15) is 18.2 Å². The molecule has 2 N–H and O–H groups in total. The van der Waals surface area contributed by atoms with E-state index in [1.165, 1.54) is 12.3 Å². The molecule has 3 aromatic carbocycles. The summed E-state index contributed by atoms with van der Waals surface area (Å²) in [6, 6.07) is 18.8. The molecule has 0 aromatic heterocycles. The zero-order chi connectivity index (χ0) is 22.2. The lowest BCUT2D eigenvalue weighted by atomic mass is 10.1. The molecule has 0 aliphatic heterocycles. The molecule has 6 nitrogen and oxygen atoms in total. The third kappa shape index (κ3) is 6.24. The van der Waals surface area contributed by atoms with Crippen LogP contribution in [0.5, 0.6) is 5.75 Å². The van der Waals surface area contributed by atoms with Crippen LogP contribution in [0.3, 0.4) is 0 Å². The summed E-state index contributed by atoms with van der Waals surface area (Å²) < 4.78 is 19.2. The molecule has 0 fully saturated rings. The van der Waals surface area contributed by atoms with Gasteiger partial charge in [-0.05, 0) is 61.4 Å². The molecule has 7 heteroatoms. The summed E-state index contributed by atoms with van der Waals surface area (Å²) in [6.07, 6.45) is 1.41. The smallest absolute Gasteiger partial charge is 0.329 e. The van der Waals surface area contributed by atoms with Crippen molar-refractivity contribution >= 4 is 23.7 Å². The Labute approximate surface area is 179 Å². The van der Waals surface area contributed by atoms with Crippen molar-refractivity contribution < 1.29 is 18.7 Å². The van der Waals surface area contributed by atoms with Crippen LogP contribution < -0.4 is 15.5 Å². The van der Waals surface area contributed by atoms with Gasteiger partial charge in [0, 0.05) is 11.3 Å². The number of nitrogens with zero attached hydrogens (tertiary/aromatic N) is 1. The Bertz CT molecular complexity index is 1110. The van der Waals surface area contributed by atoms with Gasteiger partial charge in [-0.15, -0.1) is 0 Å². The molecule has 0 bridgehead atoms. The van der Waals surface area contributed by atoms with E-state index < -0.39 is 11.8 Å². The number of carbonyl (C=O) groups is 2. The highest BCUT2D eigenvalue weighted by Crippen LogP contribution is 2.16. The maximum atomic E-state index is 13.6. The zero-order valence-electron chi connectivity index (χ0n) is 17.2. The average Bonchev–Trinajstić information content (AvgIpc) is 2.76. The van der Waals surface area contributed by atoms with Gasteiger partial charge >= 0.3 is 11.8 Å². The molecule has 0 radical (unpaired) electrons. The number of hydrogen-bond acceptors (Lipinski definition) is 4. The predicted octanol–water partition coefficient (Wildman–Crippen LogP) is 4.11. The topological polar surface area (TPSA) is 79.8 Å². The first kappa shape index (κ1) is 21.7. The van der Waals surface area contributed by atoms with Crippen LogP contribution in [0, 0.1) is 19.7 Å². The first-order chi connectivity index (χ1) is 14.9. The van der Waals surface area contributed by atoms with Gasteiger partial charge in [-0.1, -0.05) is 35.9 Å². The number of amides is 2. The molecule has 3 rings (SSSR count). The predicted molar refractivity (Wildman–Crippen MR) is 117 cm³/mol. The molecule has 31 heavy (non-hydrogen) atoms. The van der Waals surface area contributed by atoms with Gasteiger partial charge in [-0.2, -0.15) is 5.10 Å². The van der Waals surface area contributed by atoms with Crippen molar-refractivity contribution in [2.24, 2.45) is 5.10 Å². The van der Waals surface area contributed by atoms with Gasteiger partial charge in [-0.3, -0.25) is 9.59 Å². The molecule has 0 atom stereocenters. The second-order valence-corrected chi connectivity index (χ2v) is 6.92. The number of rotatable bonds is 6. The van der Waals surface area contributed by atoms with E-state index in [9.17, 15) is 14.0 Å². The SMILES string of the molecule is Cc1ccc(NC(=O)C(=O)NN=Cc2ccc(OCc3ccccc3F)cc2)c(C)c1. The lowest BCUT2D eigenvalue weighted by Gasteiger charge is -2.08. The normalized spacial score (nSPS) is 10.7. The molecular formula is C24H22FN3O3. The fraction of sp³-hybridized carbons (Fsp3) is 0.125. The Balaban J connectivity index is 1.49. The van der Waals surface area contributed by atoms with Crippen molar-refractivity contribution in [2.45, 2.75) is 20.5 Å². The number of halogens is 1. The molecule has 2 amide bonds. The van der Waals surface area contributed by atoms with Crippen LogP contribution in [0.1, 0.15) is 22.3 Å². The van der Waals surface area contributed by atoms with Crippen LogP contribution >= 0.6 is 0 Å². The average molecular weight is 419 g/mol. The van der Waals surface area contributed by atoms with Gasteiger partial charge in [0.05, 0.1) is 6.21 Å². The van der Waals surface area contributed by atoms with Crippen molar-refractivity contribution in [3.8, 4) is 5.75 Å². The number of carbonyl (C=O) groups excluding carboxylic acids is 2. The van der Waals surface area contributed by atoms with Crippen LogP contribution in [-0.4, -0.2) is 18.0 Å². The maximum absolute atomic E-state index is 13.6. The van der Waals surface area contributed by atoms with Gasteiger partial charge in [0.2, 0.25) is 0 Å². The van der Waals surface area contributed by atoms with Crippen LogP contribution in [0.4, 0.5) is 10.1 Å². The number of ether oxygens (including phenoxy) is 1. The lowest BCUT2D eigenvalue weighted by Crippen LogP contribution is -2.32. The molecule has 3 aromatic rings. The minimum Gasteiger partial charge on any atom is -0.489 e. The number of hydrazone groups is 1. The highest BCUT2D eigenvalue weighted by molar-refractivity contribution is 6.39. The van der Waals surface area contributed by atoms with E-state index in [0.29, 0.717) is 22.6 Å². The first-order valence-corrected chi connectivity index (χ1v) is 9.60. The minimum atomic E-state index is -0.874. The van der Waals surface area contributed by atoms with Gasteiger partial charge in [0.25, 0.3) is 0 Å². The van der Waals surface area contributed by atoms with E-state index in [4.69, 9.17) is 4.74 Å². The van der Waals surface area contributed by atoms with Crippen LogP contribution in [-0.2, 0) is 16.2 Å². The van der Waals surface area contributed by atoms with Crippen molar-refractivity contribution in [3.63, 3.8) is 0 Å². The Morgan fingerprint density at radius 2 is 1.74 bits per heavy atom. The fourth-order valence-electron chi connectivity index (χ4n) is 2.78. The van der Waals surface area contributed by atoms with Crippen LogP contribution in [0.25, 0.3) is 0 Å². The Kier molecular flexibility index (Phi) is 7.11. The number of nitrogens with one attached hydrogen (secondary N) is 2. The summed E-state index contributed by atoms with van der Waals surface area (Å²) in [4.78, 5) is 23.9. The maximum Gasteiger partial charge on any atom is 0.329 e. The Morgan fingerprint density at radius 1 is 1.00 bits per heavy atom. The summed E-state index contributed by atoms with van der Waals surface area (Å²) >= 11 is 0. The van der Waals surface area contributed by atoms with E-state index in [2.05, 4.69) is 15.8 Å². The number of anilines is 1. The summed E-state index contributed by atoms with van der Waals surface area (Å²) in [7, 11) is 0. The standard InChI is InChI=1S/C24H22FN3O3/c1-16-7-12-22(17(2)13-16)27-23(29)24(30)28-26-14-18-8-10-20(11-9-18)31-15-19-5-3-4-6-21(19)25/h3-14H,15H2,1-2H3,(H,27,29)(H,28,30). The van der Waals surface area contributed by atoms with Crippen molar-refractivity contribution in [2.75, 3.05) is 5.32 Å². The molecule has 0 saturated carbocycles. The minimum absolute atomic E-state index is 0.117. The molecule has 0 aliphatic rings. The Morgan fingerprint density at radius 3 is 2.45 bits per heavy atom. The van der Waals surface area contributed by atoms with E-state index in [0.717, 1.165) is 11.1 Å². The number of aryl methyl sites for hydroxylation is 2. The third-order valence-corrected chi connectivity index (χ3v) is 4.45. The van der Waals surface area contributed by atoms with E-state index >= 15 is 0 Å². The third-order valence-electron chi connectivity index (χ3n) is 4.45. The molecule has 0 heterocycles. The molecule has 0 aliphatic carbocycles. The van der Waals surface area contributed by atoms with Gasteiger partial charge < -0.3 is 10.1 Å². The first-order valence-electron chi connectivity index (χ1n) is 9.60. The largest absolute Gasteiger partial charge is 0.489 e. The van der Waals surface area contributed by atoms with E-state index in [1.54, 1.807) is 48.5 Å². The second kappa shape index (κ2) is 10.2. The van der Waals surface area contributed by atoms with E-state index in [-0.39, 0.29) is 12.4 Å². The molecule has 0 unspecified atom stereocenters.